The highest BCUT2D eigenvalue weighted by Gasteiger charge is 2.17. The van der Waals surface area contributed by atoms with Gasteiger partial charge >= 0.3 is 5.97 Å². The van der Waals surface area contributed by atoms with Gasteiger partial charge in [-0.2, -0.15) is 0 Å². The third kappa shape index (κ3) is 6.33. The number of nitro groups is 1. The number of carboxylic acid groups (broad SMARTS) is 1. The Bertz CT molecular complexity index is 562. The molecule has 1 amide bonds. The third-order valence-electron chi connectivity index (χ3n) is 3.30. The number of anilines is 1. The van der Waals surface area contributed by atoms with E-state index in [1.54, 1.807) is 18.2 Å². The molecule has 1 aromatic carbocycles. The van der Waals surface area contributed by atoms with Gasteiger partial charge in [-0.05, 0) is 12.5 Å². The van der Waals surface area contributed by atoms with E-state index in [0.717, 1.165) is 6.42 Å². The molecule has 126 valence electrons. The van der Waals surface area contributed by atoms with E-state index in [1.165, 1.54) is 6.07 Å². The van der Waals surface area contributed by atoms with E-state index in [1.807, 2.05) is 6.92 Å². The summed E-state index contributed by atoms with van der Waals surface area (Å²) in [5.41, 5.74) is 0.293. The summed E-state index contributed by atoms with van der Waals surface area (Å²) in [5.74, 6) is -1.81. The molecular weight excluding hydrogens is 302 g/mol. The first-order chi connectivity index (χ1) is 11.0. The Kier molecular flexibility index (Phi) is 7.52. The first-order valence-corrected chi connectivity index (χ1v) is 7.42. The second-order valence-corrected chi connectivity index (χ2v) is 5.08. The normalized spacial score (nSPS) is 11.5. The number of hydrogen-bond donors (Lipinski definition) is 3. The zero-order valence-electron chi connectivity index (χ0n) is 12.9. The fraction of sp³-hybridized carbons (Fsp3) is 0.467. The van der Waals surface area contributed by atoms with Crippen molar-refractivity contribution in [1.29, 1.82) is 0 Å². The van der Waals surface area contributed by atoms with Crippen molar-refractivity contribution in [2.24, 2.45) is 5.92 Å². The molecule has 0 saturated heterocycles. The van der Waals surface area contributed by atoms with Gasteiger partial charge in [0, 0.05) is 25.6 Å². The van der Waals surface area contributed by atoms with Gasteiger partial charge in [-0.3, -0.25) is 19.7 Å². The number of nitrogens with one attached hydrogen (secondary N) is 2. The van der Waals surface area contributed by atoms with Crippen LogP contribution in [0.15, 0.2) is 24.3 Å². The molecule has 1 rings (SSSR count). The number of nitro benzene ring substituents is 1. The summed E-state index contributed by atoms with van der Waals surface area (Å²) in [6.45, 7) is 2.20. The smallest absolute Gasteiger partial charge is 0.308 e. The quantitative estimate of drug-likeness (QED) is 0.447. The lowest BCUT2D eigenvalue weighted by molar-refractivity contribution is -0.384. The van der Waals surface area contributed by atoms with Crippen molar-refractivity contribution in [3.8, 4) is 0 Å². The second-order valence-electron chi connectivity index (χ2n) is 5.08. The highest BCUT2D eigenvalue weighted by Crippen LogP contribution is 2.22. The van der Waals surface area contributed by atoms with Crippen molar-refractivity contribution < 1.29 is 19.6 Å². The van der Waals surface area contributed by atoms with E-state index in [0.29, 0.717) is 12.1 Å². The van der Waals surface area contributed by atoms with Gasteiger partial charge < -0.3 is 15.7 Å². The molecule has 3 N–H and O–H groups in total. The lowest BCUT2D eigenvalue weighted by Crippen LogP contribution is -2.33. The van der Waals surface area contributed by atoms with Gasteiger partial charge in [0.1, 0.15) is 5.69 Å². The minimum absolute atomic E-state index is 0.0539. The summed E-state index contributed by atoms with van der Waals surface area (Å²) < 4.78 is 0. The molecule has 0 heterocycles. The van der Waals surface area contributed by atoms with Crippen molar-refractivity contribution in [3.05, 3.63) is 34.4 Å². The van der Waals surface area contributed by atoms with Gasteiger partial charge in [0.2, 0.25) is 5.91 Å². The minimum atomic E-state index is -0.926. The number of hydrogen-bond acceptors (Lipinski definition) is 5. The summed E-state index contributed by atoms with van der Waals surface area (Å²) in [6, 6.07) is 6.18. The van der Waals surface area contributed by atoms with Crippen LogP contribution < -0.4 is 10.6 Å². The Morgan fingerprint density at radius 3 is 2.65 bits per heavy atom. The predicted molar refractivity (Wildman–Crippen MR) is 85.2 cm³/mol. The monoisotopic (exact) mass is 323 g/mol. The number of aliphatic carboxylic acids is 1. The van der Waals surface area contributed by atoms with Crippen molar-refractivity contribution in [3.63, 3.8) is 0 Å². The second kappa shape index (κ2) is 9.39. The van der Waals surface area contributed by atoms with Crippen LogP contribution in [0.4, 0.5) is 11.4 Å². The summed E-state index contributed by atoms with van der Waals surface area (Å²) >= 11 is 0. The molecule has 0 aliphatic rings. The van der Waals surface area contributed by atoms with Crippen LogP contribution >= 0.6 is 0 Å². The third-order valence-corrected chi connectivity index (χ3v) is 3.30. The maximum atomic E-state index is 11.7. The van der Waals surface area contributed by atoms with Gasteiger partial charge in [0.25, 0.3) is 5.69 Å². The number of rotatable bonds is 10. The fourth-order valence-electron chi connectivity index (χ4n) is 2.08. The largest absolute Gasteiger partial charge is 0.481 e. The molecule has 8 nitrogen and oxygen atoms in total. The summed E-state index contributed by atoms with van der Waals surface area (Å²) in [4.78, 5) is 33.0. The number of carbonyl (C=O) groups excluding carboxylic acids is 1. The molecule has 0 spiro atoms. The van der Waals surface area contributed by atoms with Gasteiger partial charge in [-0.25, -0.2) is 0 Å². The van der Waals surface area contributed by atoms with Crippen molar-refractivity contribution >= 4 is 23.3 Å². The summed E-state index contributed by atoms with van der Waals surface area (Å²) in [5, 5.41) is 25.3. The van der Waals surface area contributed by atoms with Crippen LogP contribution in [0.3, 0.4) is 0 Å². The molecule has 1 unspecified atom stereocenters. The molecule has 0 bridgehead atoms. The maximum absolute atomic E-state index is 11.7. The lowest BCUT2D eigenvalue weighted by atomic mass is 10.0. The van der Waals surface area contributed by atoms with Crippen molar-refractivity contribution in [2.45, 2.75) is 26.2 Å². The van der Waals surface area contributed by atoms with E-state index in [9.17, 15) is 19.7 Å². The van der Waals surface area contributed by atoms with Crippen LogP contribution in [0.1, 0.15) is 26.2 Å². The minimum Gasteiger partial charge on any atom is -0.481 e. The van der Waals surface area contributed by atoms with Crippen LogP contribution in [0.2, 0.25) is 0 Å². The van der Waals surface area contributed by atoms with E-state index in [2.05, 4.69) is 10.6 Å². The van der Waals surface area contributed by atoms with Crippen molar-refractivity contribution in [1.82, 2.24) is 5.32 Å². The average molecular weight is 323 g/mol. The Morgan fingerprint density at radius 2 is 2.04 bits per heavy atom. The van der Waals surface area contributed by atoms with Crippen LogP contribution in [0.5, 0.6) is 0 Å². The van der Waals surface area contributed by atoms with E-state index in [4.69, 9.17) is 5.11 Å². The van der Waals surface area contributed by atoms with Crippen molar-refractivity contribution in [2.75, 3.05) is 18.4 Å². The zero-order valence-corrected chi connectivity index (χ0v) is 12.9. The van der Waals surface area contributed by atoms with Crippen LogP contribution in [0, 0.1) is 16.0 Å². The SMILES string of the molecule is CCCC(CNC(=O)CCNc1ccccc1[N+](=O)[O-])C(=O)O. The first kappa shape index (κ1) is 18.4. The van der Waals surface area contributed by atoms with Crippen LogP contribution in [-0.4, -0.2) is 35.0 Å². The van der Waals surface area contributed by atoms with E-state index >= 15 is 0 Å². The topological polar surface area (TPSA) is 122 Å². The van der Waals surface area contributed by atoms with Gasteiger partial charge in [-0.1, -0.05) is 25.5 Å². The molecule has 0 aromatic heterocycles. The first-order valence-electron chi connectivity index (χ1n) is 7.42. The molecule has 0 saturated carbocycles. The average Bonchev–Trinajstić information content (AvgIpc) is 2.51. The molecule has 0 radical (unpaired) electrons. The fourth-order valence-corrected chi connectivity index (χ4v) is 2.08. The molecule has 8 heteroatoms. The van der Waals surface area contributed by atoms with E-state index < -0.39 is 16.8 Å². The Balaban J connectivity index is 2.40. The number of benzene rings is 1. The molecule has 1 atom stereocenters. The van der Waals surface area contributed by atoms with Crippen LogP contribution in [-0.2, 0) is 9.59 Å². The molecule has 0 aliphatic heterocycles. The van der Waals surface area contributed by atoms with Gasteiger partial charge in [0.15, 0.2) is 0 Å². The molecule has 1 aromatic rings. The highest BCUT2D eigenvalue weighted by molar-refractivity contribution is 5.78. The van der Waals surface area contributed by atoms with Crippen LogP contribution in [0.25, 0.3) is 0 Å². The Hall–Kier alpha value is -2.64. The number of para-hydroxylation sites is 2. The molecule has 0 aliphatic carbocycles. The maximum Gasteiger partial charge on any atom is 0.308 e. The molecule has 23 heavy (non-hydrogen) atoms. The summed E-state index contributed by atoms with van der Waals surface area (Å²) in [7, 11) is 0. The van der Waals surface area contributed by atoms with Gasteiger partial charge in [0.05, 0.1) is 10.8 Å². The number of carbonyl (C=O) groups is 2. The molecular formula is C15H21N3O5. The molecule has 0 fully saturated rings. The Morgan fingerprint density at radius 1 is 1.35 bits per heavy atom. The number of nitrogens with zero attached hydrogens (tertiary/aromatic N) is 1. The van der Waals surface area contributed by atoms with E-state index in [-0.39, 0.29) is 31.1 Å². The number of amides is 1. The predicted octanol–water partition coefficient (Wildman–Crippen LogP) is 2.01. The lowest BCUT2D eigenvalue weighted by Gasteiger charge is -2.12. The number of carboxylic acids is 1. The summed E-state index contributed by atoms with van der Waals surface area (Å²) in [6.07, 6.45) is 1.33. The highest BCUT2D eigenvalue weighted by atomic mass is 16.6. The zero-order chi connectivity index (χ0) is 17.2. The Labute approximate surface area is 134 Å². The standard InChI is InChI=1S/C15H21N3O5/c1-2-5-11(15(20)21)10-17-14(19)8-9-16-12-6-3-4-7-13(12)18(22)23/h3-4,6-7,11,16H,2,5,8-10H2,1H3,(H,17,19)(H,20,21). The van der Waals surface area contributed by atoms with Gasteiger partial charge in [-0.15, -0.1) is 0 Å².